The third kappa shape index (κ3) is 3.71. The number of amides is 1. The number of carbonyl (C=O) groups excluding carboxylic acids is 1. The van der Waals surface area contributed by atoms with Crippen LogP contribution in [0.1, 0.15) is 25.8 Å². The molecule has 2 aromatic rings. The fourth-order valence-electron chi connectivity index (χ4n) is 1.78. The van der Waals surface area contributed by atoms with Crippen LogP contribution in [0.25, 0.3) is 11.0 Å². The fraction of sp³-hybridized carbons (Fsp3) is 0.429. The summed E-state index contributed by atoms with van der Waals surface area (Å²) >= 11 is 0. The summed E-state index contributed by atoms with van der Waals surface area (Å²) in [6.45, 7) is 4.42. The fourth-order valence-corrected chi connectivity index (χ4v) is 1.78. The Labute approximate surface area is 116 Å². The van der Waals surface area contributed by atoms with Crippen molar-refractivity contribution in [2.75, 3.05) is 6.61 Å². The van der Waals surface area contributed by atoms with Crippen molar-refractivity contribution in [2.45, 2.75) is 32.9 Å². The second kappa shape index (κ2) is 6.38. The van der Waals surface area contributed by atoms with Gasteiger partial charge in [0.05, 0.1) is 17.1 Å². The first-order valence-electron chi connectivity index (χ1n) is 6.67. The number of carbonyl (C=O) groups is 1. The molecule has 20 heavy (non-hydrogen) atoms. The minimum Gasteiger partial charge on any atom is -0.369 e. The molecular weight excluding hydrogens is 258 g/mol. The molecule has 0 aliphatic rings. The van der Waals surface area contributed by atoms with Gasteiger partial charge in [0.25, 0.3) is 0 Å². The van der Waals surface area contributed by atoms with E-state index in [9.17, 15) is 9.59 Å². The van der Waals surface area contributed by atoms with E-state index in [1.165, 1.54) is 0 Å². The van der Waals surface area contributed by atoms with Crippen LogP contribution < -0.4 is 11.0 Å². The molecule has 1 aromatic carbocycles. The van der Waals surface area contributed by atoms with Crippen molar-refractivity contribution in [3.8, 4) is 0 Å². The monoisotopic (exact) mass is 277 g/mol. The van der Waals surface area contributed by atoms with E-state index >= 15 is 0 Å². The number of nitrogens with one attached hydrogen (secondary N) is 3. The van der Waals surface area contributed by atoms with Crippen molar-refractivity contribution in [2.24, 2.45) is 0 Å². The molecule has 1 amide bonds. The van der Waals surface area contributed by atoms with Gasteiger partial charge in [-0.2, -0.15) is 0 Å². The highest BCUT2D eigenvalue weighted by Crippen LogP contribution is 2.09. The van der Waals surface area contributed by atoms with Crippen LogP contribution >= 0.6 is 0 Å². The Morgan fingerprint density at radius 1 is 1.35 bits per heavy atom. The average Bonchev–Trinajstić information content (AvgIpc) is 2.81. The van der Waals surface area contributed by atoms with Crippen LogP contribution in [0.2, 0.25) is 0 Å². The first kappa shape index (κ1) is 14.3. The zero-order chi connectivity index (χ0) is 14.5. The predicted molar refractivity (Wildman–Crippen MR) is 76.5 cm³/mol. The molecule has 0 saturated heterocycles. The number of benzene rings is 1. The maximum absolute atomic E-state index is 11.6. The molecule has 0 radical (unpaired) electrons. The average molecular weight is 277 g/mol. The van der Waals surface area contributed by atoms with Crippen LogP contribution in [-0.4, -0.2) is 28.6 Å². The normalized spacial score (nSPS) is 12.5. The van der Waals surface area contributed by atoms with E-state index in [1.54, 1.807) is 0 Å². The van der Waals surface area contributed by atoms with Gasteiger partial charge in [-0.1, -0.05) is 13.0 Å². The number of ether oxygens (including phenoxy) is 1. The molecule has 3 N–H and O–H groups in total. The summed E-state index contributed by atoms with van der Waals surface area (Å²) in [4.78, 5) is 28.1. The second-order valence-electron chi connectivity index (χ2n) is 4.77. The lowest BCUT2D eigenvalue weighted by Gasteiger charge is -2.10. The van der Waals surface area contributed by atoms with E-state index in [1.807, 2.05) is 32.0 Å². The highest BCUT2D eigenvalue weighted by atomic mass is 16.5. The molecule has 0 bridgehead atoms. The smallest absolute Gasteiger partial charge is 0.323 e. The highest BCUT2D eigenvalue weighted by Gasteiger charge is 2.05. The van der Waals surface area contributed by atoms with Crippen molar-refractivity contribution in [1.82, 2.24) is 15.3 Å². The van der Waals surface area contributed by atoms with Gasteiger partial charge >= 0.3 is 5.69 Å². The van der Waals surface area contributed by atoms with Crippen molar-refractivity contribution in [3.05, 3.63) is 34.2 Å². The van der Waals surface area contributed by atoms with Gasteiger partial charge in [-0.05, 0) is 31.0 Å². The largest absolute Gasteiger partial charge is 0.369 e. The molecule has 0 fully saturated rings. The lowest BCUT2D eigenvalue weighted by atomic mass is 10.2. The van der Waals surface area contributed by atoms with Crippen molar-refractivity contribution < 1.29 is 9.53 Å². The van der Waals surface area contributed by atoms with Gasteiger partial charge in [0, 0.05) is 6.54 Å². The predicted octanol–water partition coefficient (Wildman–Crippen LogP) is 1.29. The standard InChI is InChI=1S/C14H19N3O3/c1-3-9(2)20-8-13(18)15-7-10-4-5-11-12(6-10)17-14(19)16-11/h4-6,9H,3,7-8H2,1-2H3,(H,15,18)(H2,16,17,19). The zero-order valence-corrected chi connectivity index (χ0v) is 11.7. The quantitative estimate of drug-likeness (QED) is 0.743. The van der Waals surface area contributed by atoms with Gasteiger partial charge in [-0.25, -0.2) is 4.79 Å². The van der Waals surface area contributed by atoms with Gasteiger partial charge in [-0.15, -0.1) is 0 Å². The lowest BCUT2D eigenvalue weighted by molar-refractivity contribution is -0.127. The van der Waals surface area contributed by atoms with Gasteiger partial charge in [0.2, 0.25) is 5.91 Å². The van der Waals surface area contributed by atoms with Crippen molar-refractivity contribution in [3.63, 3.8) is 0 Å². The van der Waals surface area contributed by atoms with Crippen LogP contribution in [0, 0.1) is 0 Å². The first-order valence-corrected chi connectivity index (χ1v) is 6.67. The summed E-state index contributed by atoms with van der Waals surface area (Å²) in [5.41, 5.74) is 2.18. The van der Waals surface area contributed by atoms with Gasteiger partial charge < -0.3 is 20.0 Å². The Balaban J connectivity index is 1.88. The second-order valence-corrected chi connectivity index (χ2v) is 4.77. The molecule has 1 heterocycles. The van der Waals surface area contributed by atoms with Gasteiger partial charge in [0.1, 0.15) is 6.61 Å². The number of H-pyrrole nitrogens is 2. The Kier molecular flexibility index (Phi) is 4.57. The molecule has 6 nitrogen and oxygen atoms in total. The van der Waals surface area contributed by atoms with E-state index in [0.29, 0.717) is 6.54 Å². The molecule has 1 unspecified atom stereocenters. The Hall–Kier alpha value is -2.08. The number of imidazole rings is 1. The van der Waals surface area contributed by atoms with E-state index in [-0.39, 0.29) is 24.3 Å². The lowest BCUT2D eigenvalue weighted by Crippen LogP contribution is -2.28. The van der Waals surface area contributed by atoms with Crippen LogP contribution in [0.5, 0.6) is 0 Å². The van der Waals surface area contributed by atoms with Crippen LogP contribution in [0.4, 0.5) is 0 Å². The summed E-state index contributed by atoms with van der Waals surface area (Å²) in [5.74, 6) is -0.145. The summed E-state index contributed by atoms with van der Waals surface area (Å²) in [6, 6.07) is 5.51. The molecular formula is C14H19N3O3. The highest BCUT2D eigenvalue weighted by molar-refractivity contribution is 5.78. The van der Waals surface area contributed by atoms with E-state index < -0.39 is 0 Å². The molecule has 0 aliphatic carbocycles. The SMILES string of the molecule is CCC(C)OCC(=O)NCc1ccc2[nH]c(=O)[nH]c2c1. The van der Waals surface area contributed by atoms with E-state index in [0.717, 1.165) is 23.0 Å². The summed E-state index contributed by atoms with van der Waals surface area (Å²) < 4.78 is 5.35. The maximum Gasteiger partial charge on any atom is 0.323 e. The maximum atomic E-state index is 11.6. The third-order valence-corrected chi connectivity index (χ3v) is 3.14. The summed E-state index contributed by atoms with van der Waals surface area (Å²) in [5, 5.41) is 2.78. The minimum absolute atomic E-state index is 0.0677. The summed E-state index contributed by atoms with van der Waals surface area (Å²) in [7, 11) is 0. The Morgan fingerprint density at radius 3 is 2.85 bits per heavy atom. The van der Waals surface area contributed by atoms with Crippen molar-refractivity contribution >= 4 is 16.9 Å². The first-order chi connectivity index (χ1) is 9.58. The zero-order valence-electron chi connectivity index (χ0n) is 11.7. The van der Waals surface area contributed by atoms with Crippen LogP contribution in [0.15, 0.2) is 23.0 Å². The van der Waals surface area contributed by atoms with E-state index in [2.05, 4.69) is 15.3 Å². The molecule has 0 spiro atoms. The number of aromatic amines is 2. The Bertz CT molecular complexity index is 644. The topological polar surface area (TPSA) is 87.0 Å². The number of fused-ring (bicyclic) bond motifs is 1. The van der Waals surface area contributed by atoms with Crippen LogP contribution in [-0.2, 0) is 16.1 Å². The molecule has 108 valence electrons. The van der Waals surface area contributed by atoms with Gasteiger partial charge in [-0.3, -0.25) is 4.79 Å². The van der Waals surface area contributed by atoms with Crippen LogP contribution in [0.3, 0.4) is 0 Å². The molecule has 6 heteroatoms. The molecule has 2 rings (SSSR count). The summed E-state index contributed by atoms with van der Waals surface area (Å²) in [6.07, 6.45) is 0.965. The number of hydrogen-bond acceptors (Lipinski definition) is 3. The number of rotatable bonds is 6. The van der Waals surface area contributed by atoms with Gasteiger partial charge in [0.15, 0.2) is 0 Å². The van der Waals surface area contributed by atoms with E-state index in [4.69, 9.17) is 4.74 Å². The molecule has 1 atom stereocenters. The molecule has 0 aliphatic heterocycles. The number of aromatic nitrogens is 2. The molecule has 1 aromatic heterocycles. The minimum atomic E-state index is -0.233. The van der Waals surface area contributed by atoms with Crippen molar-refractivity contribution in [1.29, 1.82) is 0 Å². The Morgan fingerprint density at radius 2 is 2.10 bits per heavy atom. The number of hydrogen-bond donors (Lipinski definition) is 3. The molecule has 0 saturated carbocycles. The third-order valence-electron chi connectivity index (χ3n) is 3.14.